The van der Waals surface area contributed by atoms with Crippen molar-refractivity contribution in [1.82, 2.24) is 4.90 Å². The van der Waals surface area contributed by atoms with Gasteiger partial charge in [-0.15, -0.1) is 0 Å². The van der Waals surface area contributed by atoms with E-state index in [2.05, 4.69) is 46.6 Å². The van der Waals surface area contributed by atoms with Gasteiger partial charge in [-0.1, -0.05) is 27.7 Å². The molecule has 1 aliphatic rings. The van der Waals surface area contributed by atoms with E-state index in [1.54, 1.807) is 0 Å². The Morgan fingerprint density at radius 1 is 1.28 bits per heavy atom. The van der Waals surface area contributed by atoms with Crippen LogP contribution in [0.25, 0.3) is 0 Å². The van der Waals surface area contributed by atoms with Crippen LogP contribution in [0.5, 0.6) is 0 Å². The Bertz CT molecular complexity index is 247. The van der Waals surface area contributed by atoms with Crippen molar-refractivity contribution in [2.45, 2.75) is 72.4 Å². The molecule has 0 saturated heterocycles. The average molecular weight is 254 g/mol. The molecule has 2 N–H and O–H groups in total. The van der Waals surface area contributed by atoms with Crippen LogP contribution in [0.3, 0.4) is 0 Å². The summed E-state index contributed by atoms with van der Waals surface area (Å²) in [5.41, 5.74) is 6.81. The van der Waals surface area contributed by atoms with E-state index in [9.17, 15) is 0 Å². The molecule has 0 aliphatic heterocycles. The fourth-order valence-electron chi connectivity index (χ4n) is 3.37. The third-order valence-corrected chi connectivity index (χ3v) is 4.66. The van der Waals surface area contributed by atoms with Gasteiger partial charge in [-0.25, -0.2) is 0 Å². The van der Waals surface area contributed by atoms with E-state index < -0.39 is 0 Å². The molecule has 0 aromatic heterocycles. The van der Waals surface area contributed by atoms with Crippen LogP contribution in [-0.2, 0) is 0 Å². The highest BCUT2D eigenvalue weighted by Crippen LogP contribution is 2.38. The second kappa shape index (κ2) is 6.38. The fraction of sp³-hybridized carbons (Fsp3) is 1.00. The molecule has 108 valence electrons. The SMILES string of the molecule is CC(C)CC(C)N(C)CC1CC(C)(C)CCC1N. The van der Waals surface area contributed by atoms with Gasteiger partial charge in [-0.05, 0) is 56.9 Å². The maximum absolute atomic E-state index is 6.32. The zero-order chi connectivity index (χ0) is 13.9. The summed E-state index contributed by atoms with van der Waals surface area (Å²) < 4.78 is 0. The Morgan fingerprint density at radius 3 is 2.44 bits per heavy atom. The fourth-order valence-corrected chi connectivity index (χ4v) is 3.37. The molecule has 0 bridgehead atoms. The zero-order valence-corrected chi connectivity index (χ0v) is 13.4. The van der Waals surface area contributed by atoms with Crippen molar-refractivity contribution in [3.8, 4) is 0 Å². The predicted octanol–water partition coefficient (Wildman–Crippen LogP) is 3.51. The molecule has 3 unspecified atom stereocenters. The first-order chi connectivity index (χ1) is 8.21. The van der Waals surface area contributed by atoms with Gasteiger partial charge in [0, 0.05) is 18.6 Å². The molecule has 0 radical (unpaired) electrons. The lowest BCUT2D eigenvalue weighted by molar-refractivity contribution is 0.106. The number of nitrogens with zero attached hydrogens (tertiary/aromatic N) is 1. The molecule has 0 heterocycles. The smallest absolute Gasteiger partial charge is 0.00797 e. The highest BCUT2D eigenvalue weighted by Gasteiger charge is 2.33. The Kier molecular flexibility index (Phi) is 5.67. The van der Waals surface area contributed by atoms with Gasteiger partial charge in [0.2, 0.25) is 0 Å². The number of rotatable bonds is 5. The van der Waals surface area contributed by atoms with Crippen molar-refractivity contribution in [2.75, 3.05) is 13.6 Å². The predicted molar refractivity (Wildman–Crippen MR) is 80.6 cm³/mol. The molecular formula is C16H34N2. The largest absolute Gasteiger partial charge is 0.327 e. The first-order valence-electron chi connectivity index (χ1n) is 7.67. The van der Waals surface area contributed by atoms with Crippen LogP contribution in [0.2, 0.25) is 0 Å². The van der Waals surface area contributed by atoms with Gasteiger partial charge in [-0.2, -0.15) is 0 Å². The summed E-state index contributed by atoms with van der Waals surface area (Å²) in [6.45, 7) is 12.9. The van der Waals surface area contributed by atoms with Gasteiger partial charge in [0.05, 0.1) is 0 Å². The second-order valence-electron chi connectivity index (χ2n) is 7.75. The minimum atomic E-state index is 0.409. The maximum Gasteiger partial charge on any atom is 0.00797 e. The molecular weight excluding hydrogens is 220 g/mol. The Hall–Kier alpha value is -0.0800. The number of nitrogens with two attached hydrogens (primary N) is 1. The third kappa shape index (κ3) is 4.89. The van der Waals surface area contributed by atoms with Crippen LogP contribution >= 0.6 is 0 Å². The van der Waals surface area contributed by atoms with E-state index in [0.717, 1.165) is 5.92 Å². The summed E-state index contributed by atoms with van der Waals surface area (Å²) in [6, 6.07) is 1.08. The topological polar surface area (TPSA) is 29.3 Å². The van der Waals surface area contributed by atoms with Gasteiger partial charge < -0.3 is 10.6 Å². The van der Waals surface area contributed by atoms with Crippen molar-refractivity contribution in [3.63, 3.8) is 0 Å². The summed E-state index contributed by atoms with van der Waals surface area (Å²) in [5.74, 6) is 1.45. The van der Waals surface area contributed by atoms with E-state index in [1.165, 1.54) is 32.2 Å². The highest BCUT2D eigenvalue weighted by molar-refractivity contribution is 4.88. The molecule has 2 nitrogen and oxygen atoms in total. The Labute approximate surface area is 114 Å². The first kappa shape index (κ1) is 16.0. The van der Waals surface area contributed by atoms with Crippen LogP contribution in [0.1, 0.15) is 60.3 Å². The monoisotopic (exact) mass is 254 g/mol. The molecule has 1 fully saturated rings. The van der Waals surface area contributed by atoms with Crippen LogP contribution in [-0.4, -0.2) is 30.6 Å². The minimum absolute atomic E-state index is 0.409. The lowest BCUT2D eigenvalue weighted by Crippen LogP contribution is -2.46. The molecule has 18 heavy (non-hydrogen) atoms. The van der Waals surface area contributed by atoms with Gasteiger partial charge in [0.15, 0.2) is 0 Å². The molecule has 1 aliphatic carbocycles. The summed E-state index contributed by atoms with van der Waals surface area (Å²) in [4.78, 5) is 2.52. The van der Waals surface area contributed by atoms with Crippen molar-refractivity contribution in [3.05, 3.63) is 0 Å². The summed E-state index contributed by atoms with van der Waals surface area (Å²) >= 11 is 0. The third-order valence-electron chi connectivity index (χ3n) is 4.66. The molecule has 1 saturated carbocycles. The lowest BCUT2D eigenvalue weighted by atomic mass is 9.70. The maximum atomic E-state index is 6.32. The van der Waals surface area contributed by atoms with E-state index in [1.807, 2.05) is 0 Å². The average Bonchev–Trinajstić information content (AvgIpc) is 2.22. The Balaban J connectivity index is 2.49. The second-order valence-corrected chi connectivity index (χ2v) is 7.75. The summed E-state index contributed by atoms with van der Waals surface area (Å²) in [5, 5.41) is 0. The van der Waals surface area contributed by atoms with Crippen LogP contribution in [0.15, 0.2) is 0 Å². The van der Waals surface area contributed by atoms with Crippen molar-refractivity contribution in [1.29, 1.82) is 0 Å². The molecule has 0 amide bonds. The quantitative estimate of drug-likeness (QED) is 0.813. The molecule has 2 heteroatoms. The minimum Gasteiger partial charge on any atom is -0.327 e. The van der Waals surface area contributed by atoms with Gasteiger partial charge in [-0.3, -0.25) is 0 Å². The Morgan fingerprint density at radius 2 is 1.89 bits per heavy atom. The molecule has 1 rings (SSSR count). The normalized spacial score (nSPS) is 29.8. The van der Waals surface area contributed by atoms with E-state index in [-0.39, 0.29) is 0 Å². The van der Waals surface area contributed by atoms with Gasteiger partial charge >= 0.3 is 0 Å². The molecule has 0 aromatic rings. The molecule has 0 spiro atoms. The van der Waals surface area contributed by atoms with Crippen molar-refractivity contribution < 1.29 is 0 Å². The van der Waals surface area contributed by atoms with E-state index in [0.29, 0.717) is 23.4 Å². The standard InChI is InChI=1S/C16H34N2/c1-12(2)9-13(3)18(6)11-14-10-16(4,5)8-7-15(14)17/h12-15H,7-11,17H2,1-6H3. The van der Waals surface area contributed by atoms with Crippen molar-refractivity contribution in [2.24, 2.45) is 23.0 Å². The zero-order valence-electron chi connectivity index (χ0n) is 13.4. The highest BCUT2D eigenvalue weighted by atomic mass is 15.1. The van der Waals surface area contributed by atoms with Gasteiger partial charge in [0.1, 0.15) is 0 Å². The number of hydrogen-bond acceptors (Lipinski definition) is 2. The summed E-state index contributed by atoms with van der Waals surface area (Å²) in [7, 11) is 2.27. The van der Waals surface area contributed by atoms with Crippen LogP contribution in [0, 0.1) is 17.3 Å². The lowest BCUT2D eigenvalue weighted by Gasteiger charge is -2.42. The molecule has 3 atom stereocenters. The van der Waals surface area contributed by atoms with E-state index >= 15 is 0 Å². The van der Waals surface area contributed by atoms with Gasteiger partial charge in [0.25, 0.3) is 0 Å². The van der Waals surface area contributed by atoms with Crippen LogP contribution < -0.4 is 5.73 Å². The summed E-state index contributed by atoms with van der Waals surface area (Å²) in [6.07, 6.45) is 5.05. The first-order valence-corrected chi connectivity index (χ1v) is 7.67. The van der Waals surface area contributed by atoms with E-state index in [4.69, 9.17) is 5.73 Å². The number of hydrogen-bond donors (Lipinski definition) is 1. The van der Waals surface area contributed by atoms with Crippen LogP contribution in [0.4, 0.5) is 0 Å². The molecule has 0 aromatic carbocycles. The van der Waals surface area contributed by atoms with Crippen molar-refractivity contribution >= 4 is 0 Å².